The summed E-state index contributed by atoms with van der Waals surface area (Å²) in [7, 11) is 1.67. The fraction of sp³-hybridized carbons (Fsp3) is 0.500. The molecule has 1 aromatic carbocycles. The van der Waals surface area contributed by atoms with E-state index in [0.717, 1.165) is 23.6 Å². The van der Waals surface area contributed by atoms with Crippen LogP contribution in [0.1, 0.15) is 32.8 Å². The maximum atomic E-state index is 5.78. The van der Waals surface area contributed by atoms with Crippen molar-refractivity contribution in [2.45, 2.75) is 33.2 Å². The zero-order valence-electron chi connectivity index (χ0n) is 12.5. The van der Waals surface area contributed by atoms with E-state index in [4.69, 9.17) is 9.47 Å². The quantitative estimate of drug-likeness (QED) is 0.732. The van der Waals surface area contributed by atoms with E-state index in [2.05, 4.69) is 19.2 Å². The minimum absolute atomic E-state index is 0.655. The molecule has 19 heavy (non-hydrogen) atoms. The minimum atomic E-state index is 0.655. The highest BCUT2D eigenvalue weighted by molar-refractivity contribution is 5.55. The molecule has 1 aromatic rings. The summed E-state index contributed by atoms with van der Waals surface area (Å²) in [6, 6.07) is 6.66. The molecule has 0 aromatic heterocycles. The van der Waals surface area contributed by atoms with Crippen molar-refractivity contribution in [1.29, 1.82) is 0 Å². The van der Waals surface area contributed by atoms with Gasteiger partial charge in [0.2, 0.25) is 0 Å². The fourth-order valence-corrected chi connectivity index (χ4v) is 1.79. The molecule has 0 aliphatic carbocycles. The first-order valence-corrected chi connectivity index (χ1v) is 6.98. The predicted octanol–water partition coefficient (Wildman–Crippen LogP) is 2.47. The molecular weight excluding hydrogens is 238 g/mol. The second kappa shape index (κ2) is 8.59. The summed E-state index contributed by atoms with van der Waals surface area (Å²) in [5, 5.41) is 2.31. The van der Waals surface area contributed by atoms with Crippen molar-refractivity contribution in [3.8, 4) is 11.5 Å². The van der Waals surface area contributed by atoms with Crippen molar-refractivity contribution in [1.82, 2.24) is 0 Å². The number of benzene rings is 1. The molecule has 1 rings (SSSR count). The van der Waals surface area contributed by atoms with Crippen LogP contribution in [0.15, 0.2) is 24.3 Å². The topological polar surface area (TPSA) is 35.1 Å². The third kappa shape index (κ3) is 5.35. The molecule has 0 amide bonds. The van der Waals surface area contributed by atoms with Crippen LogP contribution in [0.5, 0.6) is 11.5 Å². The van der Waals surface area contributed by atoms with Crippen LogP contribution in [0, 0.1) is 0 Å². The molecule has 0 heterocycles. The normalized spacial score (nSPS) is 12.6. The van der Waals surface area contributed by atoms with Gasteiger partial charge < -0.3 is 14.8 Å². The van der Waals surface area contributed by atoms with Gasteiger partial charge in [-0.2, -0.15) is 0 Å². The summed E-state index contributed by atoms with van der Waals surface area (Å²) in [6.45, 7) is 8.09. The van der Waals surface area contributed by atoms with Gasteiger partial charge in [0.15, 0.2) is 11.5 Å². The fourth-order valence-electron chi connectivity index (χ4n) is 1.79. The summed E-state index contributed by atoms with van der Waals surface area (Å²) < 4.78 is 11.1. The lowest BCUT2D eigenvalue weighted by Gasteiger charge is -2.12. The van der Waals surface area contributed by atoms with Crippen molar-refractivity contribution >= 4 is 6.08 Å². The Kier molecular flexibility index (Phi) is 7.04. The van der Waals surface area contributed by atoms with Gasteiger partial charge in [-0.05, 0) is 38.0 Å². The van der Waals surface area contributed by atoms with Crippen LogP contribution in [0.4, 0.5) is 0 Å². The van der Waals surface area contributed by atoms with E-state index in [9.17, 15) is 0 Å². The van der Waals surface area contributed by atoms with Crippen LogP contribution in [0.25, 0.3) is 6.08 Å². The second-order valence-electron chi connectivity index (χ2n) is 4.67. The molecule has 0 unspecified atom stereocenters. The number of quaternary nitrogens is 1. The van der Waals surface area contributed by atoms with Gasteiger partial charge >= 0.3 is 0 Å². The first-order valence-electron chi connectivity index (χ1n) is 6.98. The second-order valence-corrected chi connectivity index (χ2v) is 4.67. The average Bonchev–Trinajstić information content (AvgIpc) is 2.44. The lowest BCUT2D eigenvalue weighted by atomic mass is 10.2. The molecule has 0 bridgehead atoms. The first kappa shape index (κ1) is 15.6. The average molecular weight is 264 g/mol. The third-order valence-electron chi connectivity index (χ3n) is 3.14. The molecule has 0 aliphatic heterocycles. The number of nitrogens with two attached hydrogens (primary N) is 1. The number of methoxy groups -OCH3 is 1. The van der Waals surface area contributed by atoms with Crippen molar-refractivity contribution in [2.75, 3.05) is 20.3 Å². The standard InChI is InChI=1S/C16H25NO2/c1-5-7-14-8-9-15(16(12-14)18-4)19-11-10-17-13(3)6-2/h5,7-9,12-13,17H,6,10-11H2,1-4H3/p+1/b7-5+/t13-/m0/s1. The molecule has 0 fully saturated rings. The van der Waals surface area contributed by atoms with Crippen molar-refractivity contribution in [3.05, 3.63) is 29.8 Å². The van der Waals surface area contributed by atoms with Gasteiger partial charge in [-0.25, -0.2) is 0 Å². The van der Waals surface area contributed by atoms with Gasteiger partial charge in [0.05, 0.1) is 13.2 Å². The Morgan fingerprint density at radius 3 is 2.74 bits per heavy atom. The van der Waals surface area contributed by atoms with Crippen LogP contribution < -0.4 is 14.8 Å². The Hall–Kier alpha value is -1.48. The highest BCUT2D eigenvalue weighted by Crippen LogP contribution is 2.28. The van der Waals surface area contributed by atoms with Crippen LogP contribution in [0.2, 0.25) is 0 Å². The Balaban J connectivity index is 2.53. The van der Waals surface area contributed by atoms with Crippen LogP contribution in [-0.4, -0.2) is 26.3 Å². The van der Waals surface area contributed by atoms with Gasteiger partial charge in [-0.3, -0.25) is 0 Å². The molecule has 3 heteroatoms. The van der Waals surface area contributed by atoms with Gasteiger partial charge in [0.25, 0.3) is 0 Å². The van der Waals surface area contributed by atoms with E-state index in [1.807, 2.05) is 37.3 Å². The summed E-state index contributed by atoms with van der Waals surface area (Å²) >= 11 is 0. The molecule has 0 saturated heterocycles. The van der Waals surface area contributed by atoms with Crippen LogP contribution in [0.3, 0.4) is 0 Å². The summed E-state index contributed by atoms with van der Waals surface area (Å²) in [4.78, 5) is 0. The van der Waals surface area contributed by atoms with Gasteiger partial charge in [-0.15, -0.1) is 0 Å². The summed E-state index contributed by atoms with van der Waals surface area (Å²) in [5.41, 5.74) is 1.12. The largest absolute Gasteiger partial charge is 0.493 e. The van der Waals surface area contributed by atoms with Crippen LogP contribution in [-0.2, 0) is 0 Å². The molecule has 2 N–H and O–H groups in total. The van der Waals surface area contributed by atoms with E-state index >= 15 is 0 Å². The number of ether oxygens (including phenoxy) is 2. The Bertz CT molecular complexity index is 402. The molecule has 0 radical (unpaired) electrons. The lowest BCUT2D eigenvalue weighted by Crippen LogP contribution is -2.90. The van der Waals surface area contributed by atoms with Gasteiger partial charge in [-0.1, -0.05) is 25.1 Å². The predicted molar refractivity (Wildman–Crippen MR) is 79.7 cm³/mol. The minimum Gasteiger partial charge on any atom is -0.493 e. The van der Waals surface area contributed by atoms with E-state index < -0.39 is 0 Å². The molecule has 1 atom stereocenters. The molecule has 106 valence electrons. The van der Waals surface area contributed by atoms with Crippen LogP contribution >= 0.6 is 0 Å². The molecule has 0 saturated carbocycles. The highest BCUT2D eigenvalue weighted by Gasteiger charge is 2.06. The van der Waals surface area contributed by atoms with Gasteiger partial charge in [0, 0.05) is 0 Å². The maximum Gasteiger partial charge on any atom is 0.161 e. The molecule has 3 nitrogen and oxygen atoms in total. The number of allylic oxidation sites excluding steroid dienone is 1. The van der Waals surface area contributed by atoms with E-state index in [1.54, 1.807) is 7.11 Å². The Labute approximate surface area is 116 Å². The number of rotatable bonds is 8. The SMILES string of the molecule is C/C=C/c1ccc(OCC[NH2+][C@@H](C)CC)c(OC)c1. The monoisotopic (exact) mass is 264 g/mol. The number of hydrogen-bond donors (Lipinski definition) is 1. The zero-order valence-corrected chi connectivity index (χ0v) is 12.5. The third-order valence-corrected chi connectivity index (χ3v) is 3.14. The first-order chi connectivity index (χ1) is 9.21. The van der Waals surface area contributed by atoms with E-state index in [-0.39, 0.29) is 0 Å². The Morgan fingerprint density at radius 2 is 2.11 bits per heavy atom. The lowest BCUT2D eigenvalue weighted by molar-refractivity contribution is -0.686. The van der Waals surface area contributed by atoms with Gasteiger partial charge in [0.1, 0.15) is 13.2 Å². The van der Waals surface area contributed by atoms with Crippen molar-refractivity contribution in [2.24, 2.45) is 0 Å². The number of hydrogen-bond acceptors (Lipinski definition) is 2. The highest BCUT2D eigenvalue weighted by atomic mass is 16.5. The van der Waals surface area contributed by atoms with Crippen molar-refractivity contribution < 1.29 is 14.8 Å². The molecular formula is C16H26NO2+. The summed E-state index contributed by atoms with van der Waals surface area (Å²) in [6.07, 6.45) is 5.24. The Morgan fingerprint density at radius 1 is 1.32 bits per heavy atom. The molecule has 0 aliphatic rings. The summed E-state index contributed by atoms with van der Waals surface area (Å²) in [5.74, 6) is 1.60. The maximum absolute atomic E-state index is 5.78. The van der Waals surface area contributed by atoms with E-state index in [0.29, 0.717) is 12.6 Å². The smallest absolute Gasteiger partial charge is 0.161 e. The molecule has 0 spiro atoms. The van der Waals surface area contributed by atoms with E-state index in [1.165, 1.54) is 6.42 Å². The van der Waals surface area contributed by atoms with Crippen molar-refractivity contribution in [3.63, 3.8) is 0 Å². The zero-order chi connectivity index (χ0) is 14.1.